The molecule has 0 heterocycles. The zero-order valence-corrected chi connectivity index (χ0v) is 11.9. The van der Waals surface area contributed by atoms with Gasteiger partial charge in [-0.1, -0.05) is 13.8 Å². The summed E-state index contributed by atoms with van der Waals surface area (Å²) in [5, 5.41) is 3.08. The van der Waals surface area contributed by atoms with Gasteiger partial charge in [0.2, 0.25) is 0 Å². The van der Waals surface area contributed by atoms with Crippen molar-refractivity contribution in [3.8, 4) is 0 Å². The van der Waals surface area contributed by atoms with Gasteiger partial charge in [0.05, 0.1) is 5.75 Å². The maximum Gasteiger partial charge on any atom is 0.182 e. The average molecular weight is 291 g/mol. The molecule has 0 amide bonds. The molecule has 0 aliphatic rings. The van der Waals surface area contributed by atoms with Gasteiger partial charge in [0.1, 0.15) is 16.5 Å². The van der Waals surface area contributed by atoms with Crippen LogP contribution in [0, 0.1) is 11.6 Å². The Morgan fingerprint density at radius 2 is 1.95 bits per heavy atom. The molecule has 0 aliphatic carbocycles. The molecule has 0 aromatic heterocycles. The van der Waals surface area contributed by atoms with Crippen LogP contribution < -0.4 is 5.32 Å². The summed E-state index contributed by atoms with van der Waals surface area (Å²) in [4.78, 5) is -0.566. The van der Waals surface area contributed by atoms with E-state index in [0.29, 0.717) is 13.0 Å². The fraction of sp³-hybridized carbons (Fsp3) is 0.538. The van der Waals surface area contributed by atoms with Crippen molar-refractivity contribution in [2.24, 2.45) is 0 Å². The van der Waals surface area contributed by atoms with Crippen molar-refractivity contribution < 1.29 is 17.2 Å². The highest BCUT2D eigenvalue weighted by molar-refractivity contribution is 7.91. The highest BCUT2D eigenvalue weighted by Gasteiger charge is 2.23. The summed E-state index contributed by atoms with van der Waals surface area (Å²) in [6.07, 6.45) is 1.49. The molecule has 0 fully saturated rings. The van der Waals surface area contributed by atoms with Gasteiger partial charge in [-0.3, -0.25) is 0 Å². The van der Waals surface area contributed by atoms with E-state index >= 15 is 0 Å². The second kappa shape index (κ2) is 6.96. The summed E-state index contributed by atoms with van der Waals surface area (Å²) in [6, 6.07) is 2.22. The van der Waals surface area contributed by atoms with Crippen LogP contribution in [0.2, 0.25) is 0 Å². The lowest BCUT2D eigenvalue weighted by Crippen LogP contribution is -2.35. The second-order valence-electron chi connectivity index (χ2n) is 4.42. The summed E-state index contributed by atoms with van der Waals surface area (Å²) in [5.74, 6) is -1.90. The third kappa shape index (κ3) is 4.54. The van der Waals surface area contributed by atoms with Crippen LogP contribution in [0.1, 0.15) is 26.7 Å². The Morgan fingerprint density at radius 3 is 2.53 bits per heavy atom. The van der Waals surface area contributed by atoms with Crippen LogP contribution in [-0.2, 0) is 9.84 Å². The fourth-order valence-electron chi connectivity index (χ4n) is 1.74. The van der Waals surface area contributed by atoms with Gasteiger partial charge in [0, 0.05) is 6.04 Å². The number of hydrogen-bond acceptors (Lipinski definition) is 3. The lowest BCUT2D eigenvalue weighted by atomic mass is 10.2. The monoisotopic (exact) mass is 291 g/mol. The molecule has 1 aromatic rings. The lowest BCUT2D eigenvalue weighted by Gasteiger charge is -2.16. The third-order valence-electron chi connectivity index (χ3n) is 2.82. The van der Waals surface area contributed by atoms with Crippen LogP contribution in [0.5, 0.6) is 0 Å². The minimum Gasteiger partial charge on any atom is -0.313 e. The number of benzene rings is 1. The molecule has 1 N–H and O–H groups in total. The normalized spacial score (nSPS) is 13.5. The van der Waals surface area contributed by atoms with Gasteiger partial charge in [-0.25, -0.2) is 17.2 Å². The van der Waals surface area contributed by atoms with E-state index < -0.39 is 26.4 Å². The van der Waals surface area contributed by atoms with Crippen LogP contribution in [0.25, 0.3) is 0 Å². The van der Waals surface area contributed by atoms with E-state index in [2.05, 4.69) is 5.32 Å². The first-order valence-electron chi connectivity index (χ1n) is 6.32. The Bertz CT molecular complexity index is 517. The first-order valence-corrected chi connectivity index (χ1v) is 7.97. The predicted molar refractivity (Wildman–Crippen MR) is 70.8 cm³/mol. The minimum atomic E-state index is -3.83. The van der Waals surface area contributed by atoms with Gasteiger partial charge in [0.15, 0.2) is 9.84 Å². The van der Waals surface area contributed by atoms with E-state index in [1.807, 2.05) is 13.8 Å². The van der Waals surface area contributed by atoms with Crippen molar-refractivity contribution in [1.29, 1.82) is 0 Å². The van der Waals surface area contributed by atoms with E-state index in [9.17, 15) is 17.2 Å². The lowest BCUT2D eigenvalue weighted by molar-refractivity contribution is 0.513. The van der Waals surface area contributed by atoms with Crippen molar-refractivity contribution in [3.05, 3.63) is 29.8 Å². The van der Waals surface area contributed by atoms with Crippen LogP contribution in [0.3, 0.4) is 0 Å². The molecule has 6 heteroatoms. The van der Waals surface area contributed by atoms with Crippen molar-refractivity contribution >= 4 is 9.84 Å². The van der Waals surface area contributed by atoms with Gasteiger partial charge >= 0.3 is 0 Å². The molecule has 19 heavy (non-hydrogen) atoms. The maximum absolute atomic E-state index is 13.5. The zero-order chi connectivity index (χ0) is 14.5. The summed E-state index contributed by atoms with van der Waals surface area (Å²) in [6.45, 7) is 4.52. The highest BCUT2D eigenvalue weighted by atomic mass is 32.2. The molecule has 0 spiro atoms. The molecule has 1 unspecified atom stereocenters. The van der Waals surface area contributed by atoms with E-state index in [4.69, 9.17) is 0 Å². The summed E-state index contributed by atoms with van der Waals surface area (Å²) in [5.41, 5.74) is 0. The fourth-order valence-corrected chi connectivity index (χ4v) is 3.46. The van der Waals surface area contributed by atoms with Crippen LogP contribution in [-0.4, -0.2) is 26.8 Å². The van der Waals surface area contributed by atoms with Crippen LogP contribution >= 0.6 is 0 Å². The predicted octanol–water partition coefficient (Wildman–Crippen LogP) is 2.52. The highest BCUT2D eigenvalue weighted by Crippen LogP contribution is 2.18. The van der Waals surface area contributed by atoms with Gasteiger partial charge in [0.25, 0.3) is 0 Å². The van der Waals surface area contributed by atoms with Gasteiger partial charge in [-0.15, -0.1) is 0 Å². The van der Waals surface area contributed by atoms with Crippen LogP contribution in [0.15, 0.2) is 23.1 Å². The number of hydrogen-bond donors (Lipinski definition) is 1. The average Bonchev–Trinajstić information content (AvgIpc) is 2.37. The Labute approximate surface area is 112 Å². The molecule has 0 bridgehead atoms. The molecular weight excluding hydrogens is 272 g/mol. The third-order valence-corrected chi connectivity index (χ3v) is 4.65. The molecular formula is C13H19F2NO2S. The summed E-state index contributed by atoms with van der Waals surface area (Å²) < 4.78 is 50.7. The van der Waals surface area contributed by atoms with Gasteiger partial charge in [-0.2, -0.15) is 0 Å². The van der Waals surface area contributed by atoms with Crippen LogP contribution in [0.4, 0.5) is 8.78 Å². The number of sulfone groups is 1. The molecule has 3 nitrogen and oxygen atoms in total. The summed E-state index contributed by atoms with van der Waals surface area (Å²) >= 11 is 0. The number of nitrogens with one attached hydrogen (secondary N) is 1. The second-order valence-corrected chi connectivity index (χ2v) is 6.42. The van der Waals surface area contributed by atoms with Crippen molar-refractivity contribution in [1.82, 2.24) is 5.32 Å². The van der Waals surface area contributed by atoms with Crippen molar-refractivity contribution in [2.75, 3.05) is 12.3 Å². The van der Waals surface area contributed by atoms with Crippen molar-refractivity contribution in [2.45, 2.75) is 37.6 Å². The first kappa shape index (κ1) is 16.0. The number of halogens is 2. The van der Waals surface area contributed by atoms with E-state index in [1.165, 1.54) is 0 Å². The van der Waals surface area contributed by atoms with E-state index in [1.54, 1.807) is 0 Å². The molecule has 0 saturated carbocycles. The Kier molecular flexibility index (Phi) is 5.87. The molecule has 0 radical (unpaired) electrons. The first-order chi connectivity index (χ1) is 8.90. The SMILES string of the molecule is CCCNC(CC)CS(=O)(=O)c1cc(F)ccc1F. The summed E-state index contributed by atoms with van der Waals surface area (Å²) in [7, 11) is -3.83. The largest absolute Gasteiger partial charge is 0.313 e. The van der Waals surface area contributed by atoms with E-state index in [-0.39, 0.29) is 11.8 Å². The van der Waals surface area contributed by atoms with Gasteiger partial charge < -0.3 is 5.32 Å². The maximum atomic E-state index is 13.5. The molecule has 0 aliphatic heterocycles. The van der Waals surface area contributed by atoms with Crippen molar-refractivity contribution in [3.63, 3.8) is 0 Å². The molecule has 108 valence electrons. The molecule has 1 atom stereocenters. The standard InChI is InChI=1S/C13H19F2NO2S/c1-3-7-16-11(4-2)9-19(17,18)13-8-10(14)5-6-12(13)15/h5-6,8,11,16H,3-4,7,9H2,1-2H3. The minimum absolute atomic E-state index is 0.232. The Hall–Kier alpha value is -1.01. The quantitative estimate of drug-likeness (QED) is 0.839. The number of rotatable bonds is 7. The zero-order valence-electron chi connectivity index (χ0n) is 11.1. The smallest absolute Gasteiger partial charge is 0.182 e. The van der Waals surface area contributed by atoms with E-state index in [0.717, 1.165) is 24.6 Å². The molecule has 0 saturated heterocycles. The Balaban J connectivity index is 2.93. The topological polar surface area (TPSA) is 46.2 Å². The Morgan fingerprint density at radius 1 is 1.26 bits per heavy atom. The van der Waals surface area contributed by atoms with Gasteiger partial charge in [-0.05, 0) is 37.6 Å². The molecule has 1 aromatic carbocycles. The molecule has 1 rings (SSSR count).